The highest BCUT2D eigenvalue weighted by atomic mass is 13.8. The summed E-state index contributed by atoms with van der Waals surface area (Å²) in [5.41, 5.74) is 0. The summed E-state index contributed by atoms with van der Waals surface area (Å²) >= 11 is 0. The van der Waals surface area contributed by atoms with E-state index in [1.165, 1.54) is 19.3 Å². The molecular formula is C12H20. The first-order valence-electron chi connectivity index (χ1n) is 4.79. The van der Waals surface area contributed by atoms with Crippen LogP contribution in [0.15, 0.2) is 36.5 Å². The van der Waals surface area contributed by atoms with E-state index >= 15 is 0 Å². The van der Waals surface area contributed by atoms with Gasteiger partial charge in [-0.25, -0.2) is 0 Å². The first kappa shape index (κ1) is 11.2. The minimum Gasteiger partial charge on any atom is -0.0917 e. The van der Waals surface area contributed by atoms with Crippen LogP contribution in [0, 0.1) is 0 Å². The van der Waals surface area contributed by atoms with Crippen LogP contribution in [0.25, 0.3) is 0 Å². The van der Waals surface area contributed by atoms with Crippen molar-refractivity contribution < 1.29 is 0 Å². The van der Waals surface area contributed by atoms with Gasteiger partial charge in [0.25, 0.3) is 0 Å². The molecule has 0 heteroatoms. The molecule has 0 aliphatic rings. The van der Waals surface area contributed by atoms with Gasteiger partial charge in [-0.15, -0.1) is 0 Å². The van der Waals surface area contributed by atoms with Crippen LogP contribution in [0.3, 0.4) is 0 Å². The minimum atomic E-state index is 1.08. The van der Waals surface area contributed by atoms with Crippen molar-refractivity contribution in [2.24, 2.45) is 0 Å². The predicted molar refractivity (Wildman–Crippen MR) is 57.2 cm³/mol. The maximum absolute atomic E-state index is 2.27. The Balaban J connectivity index is 3.13. The number of hydrogen-bond acceptors (Lipinski definition) is 0. The SMILES string of the molecule is CC=CCC=CCCCC=CC. The zero-order valence-electron chi connectivity index (χ0n) is 8.29. The zero-order valence-corrected chi connectivity index (χ0v) is 8.29. The maximum atomic E-state index is 2.27. The largest absolute Gasteiger partial charge is 0.0917 e. The van der Waals surface area contributed by atoms with E-state index in [0.717, 1.165) is 6.42 Å². The molecule has 0 aliphatic heterocycles. The Bertz CT molecular complexity index is 149. The van der Waals surface area contributed by atoms with Crippen molar-refractivity contribution in [1.82, 2.24) is 0 Å². The van der Waals surface area contributed by atoms with Gasteiger partial charge in [0.15, 0.2) is 0 Å². The molecule has 0 heterocycles. The van der Waals surface area contributed by atoms with Gasteiger partial charge >= 0.3 is 0 Å². The summed E-state index contributed by atoms with van der Waals surface area (Å²) in [7, 11) is 0. The van der Waals surface area contributed by atoms with E-state index in [2.05, 4.69) is 50.3 Å². The molecule has 68 valence electrons. The Morgan fingerprint density at radius 1 is 0.750 bits per heavy atom. The van der Waals surface area contributed by atoms with E-state index in [4.69, 9.17) is 0 Å². The lowest BCUT2D eigenvalue weighted by Crippen LogP contribution is -1.68. The molecule has 12 heavy (non-hydrogen) atoms. The highest BCUT2D eigenvalue weighted by Gasteiger charge is 1.78. The summed E-state index contributed by atoms with van der Waals surface area (Å²) in [4.78, 5) is 0. The lowest BCUT2D eigenvalue weighted by molar-refractivity contribution is 0.865. The second kappa shape index (κ2) is 10.2. The van der Waals surface area contributed by atoms with Crippen molar-refractivity contribution in [3.05, 3.63) is 36.5 Å². The molecule has 0 unspecified atom stereocenters. The van der Waals surface area contributed by atoms with Crippen LogP contribution >= 0.6 is 0 Å². The fourth-order valence-electron chi connectivity index (χ4n) is 0.949. The van der Waals surface area contributed by atoms with Gasteiger partial charge in [0.05, 0.1) is 0 Å². The van der Waals surface area contributed by atoms with Gasteiger partial charge in [-0.2, -0.15) is 0 Å². The summed E-state index contributed by atoms with van der Waals surface area (Å²) in [5, 5.41) is 0. The quantitative estimate of drug-likeness (QED) is 0.406. The fourth-order valence-corrected chi connectivity index (χ4v) is 0.949. The van der Waals surface area contributed by atoms with E-state index in [1.54, 1.807) is 0 Å². The van der Waals surface area contributed by atoms with Gasteiger partial charge in [-0.1, -0.05) is 36.5 Å². The summed E-state index contributed by atoms with van der Waals surface area (Å²) < 4.78 is 0. The Kier molecular flexibility index (Phi) is 9.56. The predicted octanol–water partition coefficient (Wildman–Crippen LogP) is 4.26. The first-order chi connectivity index (χ1) is 5.91. The van der Waals surface area contributed by atoms with E-state index in [-0.39, 0.29) is 0 Å². The molecule has 0 radical (unpaired) electrons. The summed E-state index contributed by atoms with van der Waals surface area (Å²) in [6, 6.07) is 0. The smallest absolute Gasteiger partial charge is 0.0169 e. The van der Waals surface area contributed by atoms with Crippen LogP contribution < -0.4 is 0 Å². The third kappa shape index (κ3) is 9.22. The normalized spacial score (nSPS) is 12.5. The van der Waals surface area contributed by atoms with Crippen LogP contribution in [0.4, 0.5) is 0 Å². The van der Waals surface area contributed by atoms with Gasteiger partial charge in [-0.05, 0) is 39.5 Å². The third-order valence-corrected chi connectivity index (χ3v) is 1.65. The van der Waals surface area contributed by atoms with Crippen LogP contribution in [0.1, 0.15) is 39.5 Å². The second-order valence-corrected chi connectivity index (χ2v) is 2.78. The van der Waals surface area contributed by atoms with E-state index < -0.39 is 0 Å². The molecule has 0 nitrogen and oxygen atoms in total. The molecular weight excluding hydrogens is 144 g/mol. The van der Waals surface area contributed by atoms with Crippen LogP contribution in [0.2, 0.25) is 0 Å². The molecule has 0 atom stereocenters. The van der Waals surface area contributed by atoms with Crippen molar-refractivity contribution in [2.75, 3.05) is 0 Å². The molecule has 0 fully saturated rings. The highest BCUT2D eigenvalue weighted by Crippen LogP contribution is 1.98. The molecule has 0 saturated heterocycles. The standard InChI is InChI=1S/C12H20/c1-3-5-7-9-11-12-10-8-6-4-2/h3-6,9,11H,7-8,10,12H2,1-2H3. The van der Waals surface area contributed by atoms with Crippen molar-refractivity contribution in [3.8, 4) is 0 Å². The molecule has 0 saturated carbocycles. The Morgan fingerprint density at radius 3 is 2.08 bits per heavy atom. The molecule has 0 aromatic heterocycles. The molecule has 0 aromatic rings. The van der Waals surface area contributed by atoms with Gasteiger partial charge in [0.2, 0.25) is 0 Å². The lowest BCUT2D eigenvalue weighted by atomic mass is 10.2. The number of unbranched alkanes of at least 4 members (excludes halogenated alkanes) is 2. The zero-order chi connectivity index (χ0) is 9.07. The van der Waals surface area contributed by atoms with Gasteiger partial charge in [-0.3, -0.25) is 0 Å². The number of allylic oxidation sites excluding steroid dienone is 6. The number of rotatable bonds is 6. The summed E-state index contributed by atoms with van der Waals surface area (Å²) in [6.07, 6.45) is 17.9. The van der Waals surface area contributed by atoms with E-state index in [1.807, 2.05) is 0 Å². The van der Waals surface area contributed by atoms with Crippen molar-refractivity contribution >= 4 is 0 Å². The maximum Gasteiger partial charge on any atom is -0.0169 e. The van der Waals surface area contributed by atoms with Crippen molar-refractivity contribution in [2.45, 2.75) is 39.5 Å². The molecule has 0 spiro atoms. The molecule has 0 aliphatic carbocycles. The molecule has 0 amide bonds. The van der Waals surface area contributed by atoms with Crippen LogP contribution in [-0.2, 0) is 0 Å². The monoisotopic (exact) mass is 164 g/mol. The van der Waals surface area contributed by atoms with Crippen molar-refractivity contribution in [1.29, 1.82) is 0 Å². The van der Waals surface area contributed by atoms with Gasteiger partial charge < -0.3 is 0 Å². The Hall–Kier alpha value is -0.780. The Morgan fingerprint density at radius 2 is 1.42 bits per heavy atom. The average Bonchev–Trinajstić information content (AvgIpc) is 2.10. The minimum absolute atomic E-state index is 1.08. The lowest BCUT2D eigenvalue weighted by Gasteiger charge is -1.88. The first-order valence-corrected chi connectivity index (χ1v) is 4.79. The Labute approximate surface area is 76.7 Å². The topological polar surface area (TPSA) is 0 Å². The molecule has 0 N–H and O–H groups in total. The summed E-state index contributed by atoms with van der Waals surface area (Å²) in [6.45, 7) is 4.13. The fraction of sp³-hybridized carbons (Fsp3) is 0.500. The molecule has 0 rings (SSSR count). The molecule has 0 aromatic carbocycles. The number of hydrogen-bond donors (Lipinski definition) is 0. The van der Waals surface area contributed by atoms with Gasteiger partial charge in [0.1, 0.15) is 0 Å². The van der Waals surface area contributed by atoms with E-state index in [9.17, 15) is 0 Å². The second-order valence-electron chi connectivity index (χ2n) is 2.78. The van der Waals surface area contributed by atoms with Gasteiger partial charge in [0, 0.05) is 0 Å². The van der Waals surface area contributed by atoms with Crippen LogP contribution in [-0.4, -0.2) is 0 Å². The van der Waals surface area contributed by atoms with E-state index in [0.29, 0.717) is 0 Å². The summed E-state index contributed by atoms with van der Waals surface area (Å²) in [5.74, 6) is 0. The molecule has 0 bridgehead atoms. The third-order valence-electron chi connectivity index (χ3n) is 1.65. The van der Waals surface area contributed by atoms with Crippen molar-refractivity contribution in [3.63, 3.8) is 0 Å². The average molecular weight is 164 g/mol. The van der Waals surface area contributed by atoms with Crippen LogP contribution in [0.5, 0.6) is 0 Å². The highest BCUT2D eigenvalue weighted by molar-refractivity contribution is 4.91.